The first kappa shape index (κ1) is 19.2. The summed E-state index contributed by atoms with van der Waals surface area (Å²) in [4.78, 5) is 0. The maximum atomic E-state index is 4.01. The maximum absolute atomic E-state index is 4.01. The highest BCUT2D eigenvalue weighted by atomic mass is 14.1. The summed E-state index contributed by atoms with van der Waals surface area (Å²) in [5.74, 6) is 0.802. The standard InChI is InChI=1S/C20H36/c1-8-19(7)20(14-10-12-17(4)5)15-18(6)13-9-11-16(2)3/h18H,2,4,8-15H2,1,3,5-7H3. The largest absolute Gasteiger partial charge is 0.100 e. The molecule has 1 atom stereocenters. The molecule has 0 radical (unpaired) electrons. The van der Waals surface area contributed by atoms with Gasteiger partial charge in [0.2, 0.25) is 0 Å². The average Bonchev–Trinajstić information content (AvgIpc) is 2.35. The fraction of sp³-hybridized carbons (Fsp3) is 0.700. The Labute approximate surface area is 128 Å². The summed E-state index contributed by atoms with van der Waals surface area (Å²) >= 11 is 0. The zero-order valence-corrected chi connectivity index (χ0v) is 14.6. The molecular weight excluding hydrogens is 240 g/mol. The molecule has 20 heavy (non-hydrogen) atoms. The highest BCUT2D eigenvalue weighted by Gasteiger charge is 2.08. The molecule has 0 aromatic heterocycles. The Balaban J connectivity index is 4.28. The van der Waals surface area contributed by atoms with E-state index in [-0.39, 0.29) is 0 Å². The smallest absolute Gasteiger partial charge is 0.0292 e. The van der Waals surface area contributed by atoms with Crippen LogP contribution in [-0.4, -0.2) is 0 Å². The Morgan fingerprint density at radius 2 is 1.45 bits per heavy atom. The van der Waals surface area contributed by atoms with Gasteiger partial charge in [-0.1, -0.05) is 42.6 Å². The molecule has 0 aromatic rings. The van der Waals surface area contributed by atoms with E-state index in [4.69, 9.17) is 0 Å². The summed E-state index contributed by atoms with van der Waals surface area (Å²) in [7, 11) is 0. The summed E-state index contributed by atoms with van der Waals surface area (Å²) < 4.78 is 0. The Hall–Kier alpha value is -0.780. The van der Waals surface area contributed by atoms with Crippen LogP contribution >= 0.6 is 0 Å². The molecule has 0 saturated carbocycles. The van der Waals surface area contributed by atoms with Crippen molar-refractivity contribution in [3.8, 4) is 0 Å². The molecule has 0 amide bonds. The second-order valence-corrected chi connectivity index (χ2v) is 6.71. The maximum Gasteiger partial charge on any atom is -0.0292 e. The summed E-state index contributed by atoms with van der Waals surface area (Å²) in [6.07, 6.45) is 9.98. The molecule has 0 spiro atoms. The molecular formula is C20H36. The lowest BCUT2D eigenvalue weighted by molar-refractivity contribution is 0.494. The third-order valence-corrected chi connectivity index (χ3v) is 4.11. The number of hydrogen-bond donors (Lipinski definition) is 0. The van der Waals surface area contributed by atoms with Crippen LogP contribution in [0.2, 0.25) is 0 Å². The van der Waals surface area contributed by atoms with Crippen molar-refractivity contribution < 1.29 is 0 Å². The second kappa shape index (κ2) is 10.9. The lowest BCUT2D eigenvalue weighted by atomic mass is 9.89. The van der Waals surface area contributed by atoms with Crippen molar-refractivity contribution in [2.45, 2.75) is 86.0 Å². The third-order valence-electron chi connectivity index (χ3n) is 4.11. The molecule has 0 fully saturated rings. The lowest BCUT2D eigenvalue weighted by Gasteiger charge is -2.17. The minimum Gasteiger partial charge on any atom is -0.100 e. The molecule has 1 unspecified atom stereocenters. The van der Waals surface area contributed by atoms with Gasteiger partial charge in [-0.2, -0.15) is 0 Å². The topological polar surface area (TPSA) is 0 Å². The van der Waals surface area contributed by atoms with E-state index in [1.165, 1.54) is 62.5 Å². The van der Waals surface area contributed by atoms with Crippen molar-refractivity contribution in [1.82, 2.24) is 0 Å². The van der Waals surface area contributed by atoms with Gasteiger partial charge in [0.15, 0.2) is 0 Å². The third kappa shape index (κ3) is 10.1. The first-order chi connectivity index (χ1) is 9.36. The van der Waals surface area contributed by atoms with Crippen molar-refractivity contribution in [3.05, 3.63) is 35.5 Å². The molecule has 0 aliphatic rings. The monoisotopic (exact) mass is 276 g/mol. The minimum absolute atomic E-state index is 0.802. The minimum atomic E-state index is 0.802. The quantitative estimate of drug-likeness (QED) is 0.349. The van der Waals surface area contributed by atoms with Crippen molar-refractivity contribution in [1.29, 1.82) is 0 Å². The van der Waals surface area contributed by atoms with Crippen LogP contribution < -0.4 is 0 Å². The second-order valence-electron chi connectivity index (χ2n) is 6.71. The lowest BCUT2D eigenvalue weighted by Crippen LogP contribution is -2.00. The SMILES string of the molecule is C=C(C)CCCC(CC(C)CCCC(=C)C)=C(C)CC. The van der Waals surface area contributed by atoms with E-state index >= 15 is 0 Å². The van der Waals surface area contributed by atoms with Crippen LogP contribution in [0.3, 0.4) is 0 Å². The molecule has 0 saturated heterocycles. The van der Waals surface area contributed by atoms with E-state index in [0.29, 0.717) is 0 Å². The fourth-order valence-electron chi connectivity index (χ4n) is 2.62. The summed E-state index contributed by atoms with van der Waals surface area (Å²) in [5, 5.41) is 0. The predicted octanol–water partition coefficient (Wildman–Crippen LogP) is 7.23. The van der Waals surface area contributed by atoms with Gasteiger partial charge in [-0.25, -0.2) is 0 Å². The number of allylic oxidation sites excluding steroid dienone is 4. The average molecular weight is 277 g/mol. The van der Waals surface area contributed by atoms with Gasteiger partial charge in [0.1, 0.15) is 0 Å². The van der Waals surface area contributed by atoms with Crippen LogP contribution in [0.25, 0.3) is 0 Å². The molecule has 0 N–H and O–H groups in total. The van der Waals surface area contributed by atoms with Crippen LogP contribution in [0.15, 0.2) is 35.5 Å². The van der Waals surface area contributed by atoms with Crippen LogP contribution in [0, 0.1) is 5.92 Å². The van der Waals surface area contributed by atoms with Crippen LogP contribution in [0.1, 0.15) is 86.0 Å². The van der Waals surface area contributed by atoms with E-state index in [1.807, 2.05) is 0 Å². The van der Waals surface area contributed by atoms with Crippen molar-refractivity contribution in [3.63, 3.8) is 0 Å². The number of rotatable bonds is 11. The van der Waals surface area contributed by atoms with Gasteiger partial charge in [-0.3, -0.25) is 0 Å². The Bertz CT molecular complexity index is 330. The highest BCUT2D eigenvalue weighted by molar-refractivity contribution is 5.12. The fourth-order valence-corrected chi connectivity index (χ4v) is 2.62. The van der Waals surface area contributed by atoms with E-state index in [2.05, 4.69) is 47.8 Å². The van der Waals surface area contributed by atoms with E-state index in [0.717, 1.165) is 5.92 Å². The normalized spacial score (nSPS) is 13.8. The zero-order valence-electron chi connectivity index (χ0n) is 14.6. The molecule has 0 heterocycles. The Kier molecular flexibility index (Phi) is 10.5. The predicted molar refractivity (Wildman–Crippen MR) is 94.1 cm³/mol. The van der Waals surface area contributed by atoms with Crippen molar-refractivity contribution in [2.24, 2.45) is 5.92 Å². The molecule has 0 rings (SSSR count). The van der Waals surface area contributed by atoms with Gasteiger partial charge >= 0.3 is 0 Å². The van der Waals surface area contributed by atoms with Gasteiger partial charge in [-0.05, 0) is 71.6 Å². The molecule has 116 valence electrons. The molecule has 0 aliphatic heterocycles. The van der Waals surface area contributed by atoms with Gasteiger partial charge in [-0.15, -0.1) is 13.2 Å². The van der Waals surface area contributed by atoms with Crippen LogP contribution in [0.5, 0.6) is 0 Å². The number of hydrogen-bond acceptors (Lipinski definition) is 0. The summed E-state index contributed by atoms with van der Waals surface area (Å²) in [5.41, 5.74) is 5.95. The Morgan fingerprint density at radius 1 is 0.900 bits per heavy atom. The van der Waals surface area contributed by atoms with E-state index in [9.17, 15) is 0 Å². The highest BCUT2D eigenvalue weighted by Crippen LogP contribution is 2.26. The van der Waals surface area contributed by atoms with Crippen LogP contribution in [0.4, 0.5) is 0 Å². The first-order valence-corrected chi connectivity index (χ1v) is 8.33. The Morgan fingerprint density at radius 3 is 1.95 bits per heavy atom. The van der Waals surface area contributed by atoms with E-state index in [1.54, 1.807) is 11.1 Å². The molecule has 0 bridgehead atoms. The van der Waals surface area contributed by atoms with Crippen molar-refractivity contribution in [2.75, 3.05) is 0 Å². The molecule has 0 heteroatoms. The molecule has 0 aromatic carbocycles. The van der Waals surface area contributed by atoms with E-state index < -0.39 is 0 Å². The van der Waals surface area contributed by atoms with Gasteiger partial charge in [0.25, 0.3) is 0 Å². The van der Waals surface area contributed by atoms with Crippen molar-refractivity contribution >= 4 is 0 Å². The van der Waals surface area contributed by atoms with Gasteiger partial charge < -0.3 is 0 Å². The summed E-state index contributed by atoms with van der Waals surface area (Å²) in [6.45, 7) is 19.3. The first-order valence-electron chi connectivity index (χ1n) is 8.33. The van der Waals surface area contributed by atoms with Crippen LogP contribution in [-0.2, 0) is 0 Å². The molecule has 0 nitrogen and oxygen atoms in total. The van der Waals surface area contributed by atoms with Gasteiger partial charge in [0.05, 0.1) is 0 Å². The summed E-state index contributed by atoms with van der Waals surface area (Å²) in [6, 6.07) is 0. The van der Waals surface area contributed by atoms with Gasteiger partial charge in [0, 0.05) is 0 Å². The zero-order chi connectivity index (χ0) is 15.5. The molecule has 0 aliphatic carbocycles.